The van der Waals surface area contributed by atoms with E-state index >= 15 is 0 Å². The van der Waals surface area contributed by atoms with E-state index in [-0.39, 0.29) is 0 Å². The van der Waals surface area contributed by atoms with Crippen molar-refractivity contribution in [2.45, 2.75) is 91.0 Å². The number of aliphatic carboxylic acids is 1. The van der Waals surface area contributed by atoms with E-state index in [9.17, 15) is 4.79 Å². The lowest BCUT2D eigenvalue weighted by atomic mass is 10.1. The molecular weight excluding hydrogens is 250 g/mol. The van der Waals surface area contributed by atoms with Crippen LogP contribution in [0.25, 0.3) is 0 Å². The molecule has 1 N–H and O–H groups in total. The van der Waals surface area contributed by atoms with Crippen molar-refractivity contribution in [1.82, 2.24) is 4.90 Å². The summed E-state index contributed by atoms with van der Waals surface area (Å²) in [5.74, 6) is -0.680. The molecule has 0 radical (unpaired) electrons. The predicted molar refractivity (Wildman–Crippen MR) is 86.2 cm³/mol. The molecule has 0 rings (SSSR count). The average Bonchev–Trinajstić information content (AvgIpc) is 2.39. The Morgan fingerprint density at radius 2 is 1.40 bits per heavy atom. The molecule has 0 aromatic heterocycles. The standard InChI is InChI=1S/C17H35NO2/c1-4-5-6-7-8-9-10-11-14-18(16(2)3)15-12-13-17(19)20/h16H,4-15H2,1-3H3,(H,19,20). The highest BCUT2D eigenvalue weighted by Gasteiger charge is 2.09. The van der Waals surface area contributed by atoms with Gasteiger partial charge in [-0.05, 0) is 39.8 Å². The molecule has 0 fully saturated rings. The highest BCUT2D eigenvalue weighted by Crippen LogP contribution is 2.10. The molecule has 3 heteroatoms. The second-order valence-corrected chi connectivity index (χ2v) is 6.10. The highest BCUT2D eigenvalue weighted by molar-refractivity contribution is 5.66. The van der Waals surface area contributed by atoms with Crippen LogP contribution < -0.4 is 0 Å². The third kappa shape index (κ3) is 12.5. The molecule has 0 saturated heterocycles. The minimum atomic E-state index is -0.680. The molecule has 0 aliphatic rings. The Kier molecular flexibility index (Phi) is 13.0. The summed E-state index contributed by atoms with van der Waals surface area (Å²) in [5.41, 5.74) is 0. The summed E-state index contributed by atoms with van der Waals surface area (Å²) >= 11 is 0. The van der Waals surface area contributed by atoms with Crippen LogP contribution in [0.5, 0.6) is 0 Å². The van der Waals surface area contributed by atoms with Crippen LogP contribution in [0.4, 0.5) is 0 Å². The van der Waals surface area contributed by atoms with E-state index in [0.29, 0.717) is 12.5 Å². The van der Waals surface area contributed by atoms with Crippen LogP contribution in [0.2, 0.25) is 0 Å². The average molecular weight is 285 g/mol. The third-order valence-corrected chi connectivity index (χ3v) is 3.87. The van der Waals surface area contributed by atoms with Crippen molar-refractivity contribution in [3.05, 3.63) is 0 Å². The summed E-state index contributed by atoms with van der Waals surface area (Å²) in [7, 11) is 0. The Balaban J connectivity index is 3.53. The molecule has 0 aromatic carbocycles. The van der Waals surface area contributed by atoms with Crippen LogP contribution in [0.15, 0.2) is 0 Å². The Bertz CT molecular complexity index is 229. The van der Waals surface area contributed by atoms with Crippen molar-refractivity contribution < 1.29 is 9.90 Å². The van der Waals surface area contributed by atoms with Gasteiger partial charge >= 0.3 is 5.97 Å². The fourth-order valence-corrected chi connectivity index (χ4v) is 2.51. The molecule has 0 unspecified atom stereocenters. The number of unbranched alkanes of at least 4 members (excludes halogenated alkanes) is 7. The number of rotatable bonds is 14. The fourth-order valence-electron chi connectivity index (χ4n) is 2.51. The van der Waals surface area contributed by atoms with E-state index in [1.807, 2.05) is 0 Å². The van der Waals surface area contributed by atoms with Gasteiger partial charge in [0.15, 0.2) is 0 Å². The first-order valence-corrected chi connectivity index (χ1v) is 8.53. The first-order chi connectivity index (χ1) is 9.57. The minimum Gasteiger partial charge on any atom is -0.481 e. The molecule has 3 nitrogen and oxygen atoms in total. The van der Waals surface area contributed by atoms with Gasteiger partial charge in [0, 0.05) is 12.5 Å². The second-order valence-electron chi connectivity index (χ2n) is 6.10. The molecule has 0 atom stereocenters. The molecule has 0 aromatic rings. The van der Waals surface area contributed by atoms with Gasteiger partial charge in [-0.3, -0.25) is 4.79 Å². The first-order valence-electron chi connectivity index (χ1n) is 8.53. The fraction of sp³-hybridized carbons (Fsp3) is 0.941. The molecular formula is C17H35NO2. The van der Waals surface area contributed by atoms with Gasteiger partial charge in [0.1, 0.15) is 0 Å². The maximum atomic E-state index is 10.5. The monoisotopic (exact) mass is 285 g/mol. The summed E-state index contributed by atoms with van der Waals surface area (Å²) in [6, 6.07) is 0.522. The number of nitrogens with zero attached hydrogens (tertiary/aromatic N) is 1. The van der Waals surface area contributed by atoms with Crippen molar-refractivity contribution in [3.8, 4) is 0 Å². The van der Waals surface area contributed by atoms with Crippen molar-refractivity contribution in [2.24, 2.45) is 0 Å². The summed E-state index contributed by atoms with van der Waals surface area (Å²) in [5, 5.41) is 8.68. The number of hydrogen-bond acceptors (Lipinski definition) is 2. The molecule has 0 saturated carbocycles. The zero-order valence-corrected chi connectivity index (χ0v) is 13.9. The lowest BCUT2D eigenvalue weighted by Gasteiger charge is -2.26. The van der Waals surface area contributed by atoms with E-state index in [2.05, 4.69) is 25.7 Å². The van der Waals surface area contributed by atoms with Crippen LogP contribution in [0, 0.1) is 0 Å². The lowest BCUT2D eigenvalue weighted by molar-refractivity contribution is -0.137. The van der Waals surface area contributed by atoms with Crippen LogP contribution >= 0.6 is 0 Å². The molecule has 120 valence electrons. The van der Waals surface area contributed by atoms with Crippen molar-refractivity contribution in [2.75, 3.05) is 13.1 Å². The lowest BCUT2D eigenvalue weighted by Crippen LogP contribution is -2.33. The Hall–Kier alpha value is -0.570. The van der Waals surface area contributed by atoms with Crippen LogP contribution in [-0.2, 0) is 4.79 Å². The summed E-state index contributed by atoms with van der Waals surface area (Å²) in [6.45, 7) is 8.69. The normalized spacial score (nSPS) is 11.4. The molecule has 0 bridgehead atoms. The molecule has 0 spiro atoms. The van der Waals surface area contributed by atoms with E-state index in [1.54, 1.807) is 0 Å². The van der Waals surface area contributed by atoms with Gasteiger partial charge in [-0.25, -0.2) is 0 Å². The van der Waals surface area contributed by atoms with E-state index in [0.717, 1.165) is 19.5 Å². The third-order valence-electron chi connectivity index (χ3n) is 3.87. The number of carboxylic acids is 1. The number of hydrogen-bond donors (Lipinski definition) is 1. The Morgan fingerprint density at radius 3 is 1.90 bits per heavy atom. The van der Waals surface area contributed by atoms with Gasteiger partial charge in [0.05, 0.1) is 0 Å². The summed E-state index contributed by atoms with van der Waals surface area (Å²) < 4.78 is 0. The summed E-state index contributed by atoms with van der Waals surface area (Å²) in [6.07, 6.45) is 11.8. The molecule has 0 heterocycles. The van der Waals surface area contributed by atoms with Crippen LogP contribution in [0.3, 0.4) is 0 Å². The van der Waals surface area contributed by atoms with Gasteiger partial charge in [-0.1, -0.05) is 51.9 Å². The topological polar surface area (TPSA) is 40.5 Å². The zero-order chi connectivity index (χ0) is 15.2. The largest absolute Gasteiger partial charge is 0.481 e. The highest BCUT2D eigenvalue weighted by atomic mass is 16.4. The van der Waals surface area contributed by atoms with E-state index in [1.165, 1.54) is 51.4 Å². The number of carboxylic acid groups (broad SMARTS) is 1. The van der Waals surface area contributed by atoms with Gasteiger partial charge < -0.3 is 10.0 Å². The maximum Gasteiger partial charge on any atom is 0.303 e. The van der Waals surface area contributed by atoms with E-state index < -0.39 is 5.97 Å². The second kappa shape index (κ2) is 13.4. The van der Waals surface area contributed by atoms with Crippen molar-refractivity contribution in [3.63, 3.8) is 0 Å². The van der Waals surface area contributed by atoms with Crippen LogP contribution in [-0.4, -0.2) is 35.1 Å². The van der Waals surface area contributed by atoms with Gasteiger partial charge in [-0.15, -0.1) is 0 Å². The SMILES string of the molecule is CCCCCCCCCCN(CCCC(=O)O)C(C)C. The van der Waals surface area contributed by atoms with Gasteiger partial charge in [0.2, 0.25) is 0 Å². The zero-order valence-electron chi connectivity index (χ0n) is 13.9. The first kappa shape index (κ1) is 19.4. The molecule has 0 amide bonds. The Labute approximate surface area is 125 Å². The van der Waals surface area contributed by atoms with E-state index in [4.69, 9.17) is 5.11 Å². The van der Waals surface area contributed by atoms with Crippen LogP contribution in [0.1, 0.15) is 85.0 Å². The maximum absolute atomic E-state index is 10.5. The quantitative estimate of drug-likeness (QED) is 0.470. The Morgan fingerprint density at radius 1 is 0.900 bits per heavy atom. The molecule has 0 aliphatic carbocycles. The summed E-state index contributed by atoms with van der Waals surface area (Å²) in [4.78, 5) is 13.0. The van der Waals surface area contributed by atoms with Crippen molar-refractivity contribution >= 4 is 5.97 Å². The molecule has 20 heavy (non-hydrogen) atoms. The van der Waals surface area contributed by atoms with Gasteiger partial charge in [-0.2, -0.15) is 0 Å². The van der Waals surface area contributed by atoms with Crippen molar-refractivity contribution in [1.29, 1.82) is 0 Å². The smallest absolute Gasteiger partial charge is 0.303 e. The van der Waals surface area contributed by atoms with Gasteiger partial charge in [0.25, 0.3) is 0 Å². The molecule has 0 aliphatic heterocycles. The predicted octanol–water partition coefficient (Wildman–Crippen LogP) is 4.70. The number of carbonyl (C=O) groups is 1. The minimum absolute atomic E-state index is 0.292.